The van der Waals surface area contributed by atoms with Gasteiger partial charge in [-0.15, -0.1) is 0 Å². The third-order valence-electron chi connectivity index (χ3n) is 13.5. The summed E-state index contributed by atoms with van der Waals surface area (Å²) >= 11 is 0. The number of likely N-dealkylation sites (tertiary alicyclic amines) is 1. The van der Waals surface area contributed by atoms with Gasteiger partial charge in [0.1, 0.15) is 35.4 Å². The van der Waals surface area contributed by atoms with Crippen LogP contribution in [0.3, 0.4) is 0 Å². The highest BCUT2D eigenvalue weighted by Gasteiger charge is 2.51. The lowest BCUT2D eigenvalue weighted by atomic mass is 9.71. The van der Waals surface area contributed by atoms with Gasteiger partial charge < -0.3 is 41.0 Å². The van der Waals surface area contributed by atoms with Gasteiger partial charge in [0.05, 0.1) is 4.75 Å². The maximum Gasteiger partial charge on any atom is 0.408 e. The molecule has 5 atom stereocenters. The van der Waals surface area contributed by atoms with E-state index in [1.807, 2.05) is 92.7 Å². The molecule has 1 spiro atoms. The Bertz CT molecular complexity index is 2530. The molecule has 412 valence electrons. The minimum Gasteiger partial charge on any atom is -0.444 e. The highest BCUT2D eigenvalue weighted by molar-refractivity contribution is 7.90. The van der Waals surface area contributed by atoms with Crippen molar-refractivity contribution in [2.24, 2.45) is 5.92 Å². The molecule has 1 fully saturated rings. The molecular weight excluding hydrogens is 975 g/mol. The number of nitrogens with one attached hydrogen (secondary N) is 6. The molecule has 0 bridgehead atoms. The summed E-state index contributed by atoms with van der Waals surface area (Å²) in [6.07, 6.45) is 1.56. The first-order chi connectivity index (χ1) is 35.1. The predicted molar refractivity (Wildman–Crippen MR) is 290 cm³/mol. The zero-order chi connectivity index (χ0) is 55.4. The average molecular weight is 1060 g/mol. The quantitative estimate of drug-likeness (QED) is 0.0614. The number of nitrogens with zero attached hydrogens (tertiary/aromatic N) is 1. The molecule has 0 aromatic heterocycles. The third kappa shape index (κ3) is 17.8. The predicted octanol–water partition coefficient (Wildman–Crippen LogP) is 6.76. The van der Waals surface area contributed by atoms with Crippen LogP contribution in [0.5, 0.6) is 0 Å². The fourth-order valence-electron chi connectivity index (χ4n) is 9.59. The Hall–Kier alpha value is -6.01. The number of carbonyl (C=O) groups excluding carboxylic acids is 6. The van der Waals surface area contributed by atoms with Crippen LogP contribution < -0.4 is 31.3 Å². The van der Waals surface area contributed by atoms with E-state index >= 15 is 0 Å². The summed E-state index contributed by atoms with van der Waals surface area (Å²) in [5.74, 6) is -2.28. The molecule has 3 aromatic carbocycles. The normalized spacial score (nSPS) is 17.2. The van der Waals surface area contributed by atoms with Crippen LogP contribution in [0.2, 0.25) is 0 Å². The molecule has 1 saturated heterocycles. The molecule has 1 aliphatic carbocycles. The number of unbranched alkanes of at least 4 members (excludes halogenated alkanes) is 1. The van der Waals surface area contributed by atoms with E-state index in [9.17, 15) is 37.2 Å². The van der Waals surface area contributed by atoms with Gasteiger partial charge in [-0.2, -0.15) is 0 Å². The largest absolute Gasteiger partial charge is 0.444 e. The van der Waals surface area contributed by atoms with E-state index in [1.54, 1.807) is 67.2 Å². The van der Waals surface area contributed by atoms with Crippen LogP contribution in [-0.2, 0) is 63.4 Å². The number of ether oxygens (including phenoxy) is 2. The van der Waals surface area contributed by atoms with E-state index < -0.39 is 91.5 Å². The van der Waals surface area contributed by atoms with Gasteiger partial charge in [-0.25, -0.2) is 22.7 Å². The van der Waals surface area contributed by atoms with Gasteiger partial charge in [0.15, 0.2) is 0 Å². The zero-order valence-electron chi connectivity index (χ0n) is 46.0. The standard InChI is InChI=1S/C57H83N7O10S/c1-38(2)34-44(60-49(66)45(35-39-22-14-12-15-23-39)61-50(67)46(36-40-24-16-13-17-25-40)62-53(70)74-55(6,7)8)48(65)59-43(28-20-21-31-58-52(69)73-54(3,4)5)51(68)64-32-29-57(30-33-64)42-27-19-18-26-41(42)37-47(57)63-75(71,72)56(9,10)11/h12-19,22-27,38,43-47,63H,20-21,28-37H2,1-11H3,(H,58,69)(H,59,65)(H,60,66)(H,61,67)(H,62,70)/t43-,44-,45-,46-,47?/m1/s1. The Balaban J connectivity index is 1.38. The Labute approximate surface area is 445 Å². The molecule has 0 radical (unpaired) electrons. The number of amides is 6. The second-order valence-corrected chi connectivity index (χ2v) is 25.9. The first kappa shape index (κ1) is 59.9. The first-order valence-corrected chi connectivity index (χ1v) is 27.9. The summed E-state index contributed by atoms with van der Waals surface area (Å²) in [4.78, 5) is 85.7. The van der Waals surface area contributed by atoms with Gasteiger partial charge in [0.2, 0.25) is 33.7 Å². The molecule has 6 N–H and O–H groups in total. The van der Waals surface area contributed by atoms with E-state index in [0.717, 1.165) is 22.3 Å². The second-order valence-electron chi connectivity index (χ2n) is 23.4. The summed E-state index contributed by atoms with van der Waals surface area (Å²) in [6, 6.07) is 21.3. The molecule has 0 saturated carbocycles. The van der Waals surface area contributed by atoms with Crippen LogP contribution in [0.25, 0.3) is 0 Å². The minimum absolute atomic E-state index is 0.0524. The van der Waals surface area contributed by atoms with Crippen molar-refractivity contribution in [2.75, 3.05) is 19.6 Å². The summed E-state index contributed by atoms with van der Waals surface area (Å²) in [5.41, 5.74) is 1.53. The second kappa shape index (κ2) is 25.7. The van der Waals surface area contributed by atoms with Gasteiger partial charge in [-0.1, -0.05) is 98.8 Å². The van der Waals surface area contributed by atoms with Crippen LogP contribution in [0.1, 0.15) is 137 Å². The molecule has 1 heterocycles. The highest BCUT2D eigenvalue weighted by Crippen LogP contribution is 2.47. The molecule has 75 heavy (non-hydrogen) atoms. The van der Waals surface area contributed by atoms with Crippen molar-refractivity contribution in [3.05, 3.63) is 107 Å². The minimum atomic E-state index is -3.72. The molecule has 5 rings (SSSR count). The van der Waals surface area contributed by atoms with E-state index in [2.05, 4.69) is 37.4 Å². The lowest BCUT2D eigenvalue weighted by Gasteiger charge is -2.45. The van der Waals surface area contributed by atoms with Gasteiger partial charge in [0.25, 0.3) is 0 Å². The number of rotatable bonds is 21. The van der Waals surface area contributed by atoms with Crippen LogP contribution in [0, 0.1) is 5.92 Å². The number of hydrogen-bond acceptors (Lipinski definition) is 10. The van der Waals surface area contributed by atoms with Gasteiger partial charge in [-0.3, -0.25) is 19.2 Å². The Morgan fingerprint density at radius 2 is 1.11 bits per heavy atom. The molecule has 1 unspecified atom stereocenters. The summed E-state index contributed by atoms with van der Waals surface area (Å²) in [5, 5.41) is 14.2. The van der Waals surface area contributed by atoms with Crippen molar-refractivity contribution in [2.45, 2.75) is 186 Å². The maximum absolute atomic E-state index is 14.8. The summed E-state index contributed by atoms with van der Waals surface area (Å²) in [6.45, 7) is 20.1. The number of alkyl carbamates (subject to hydrolysis) is 2. The average Bonchev–Trinajstić information content (AvgIpc) is 3.59. The van der Waals surface area contributed by atoms with Crippen molar-refractivity contribution in [3.8, 4) is 0 Å². The molecule has 1 aliphatic heterocycles. The van der Waals surface area contributed by atoms with Crippen LogP contribution in [0.4, 0.5) is 9.59 Å². The highest BCUT2D eigenvalue weighted by atomic mass is 32.2. The molecular formula is C57H83N7O10S. The van der Waals surface area contributed by atoms with E-state index in [0.29, 0.717) is 45.2 Å². The number of hydrogen-bond donors (Lipinski definition) is 6. The number of fused-ring (bicyclic) bond motifs is 2. The van der Waals surface area contributed by atoms with Gasteiger partial charge in [-0.05, 0) is 135 Å². The molecule has 17 nitrogen and oxygen atoms in total. The zero-order valence-corrected chi connectivity index (χ0v) is 46.8. The number of carbonyl (C=O) groups is 6. The SMILES string of the molecule is CC(C)C[C@@H](NC(=O)[C@@H](Cc1ccccc1)NC(=O)[C@@H](Cc1ccccc1)NC(=O)OC(C)(C)C)C(=O)N[C@H](CCCCNC(=O)OC(C)(C)C)C(=O)N1CCC2(CC1)c1ccccc1CC2NS(=O)(=O)C(C)(C)C. The van der Waals surface area contributed by atoms with Crippen molar-refractivity contribution < 1.29 is 46.7 Å². The molecule has 2 aliphatic rings. The molecule has 3 aromatic rings. The van der Waals surface area contributed by atoms with E-state index in [1.165, 1.54) is 0 Å². The van der Waals surface area contributed by atoms with Crippen molar-refractivity contribution >= 4 is 45.8 Å². The number of sulfonamides is 1. The first-order valence-electron chi connectivity index (χ1n) is 26.4. The Morgan fingerprint density at radius 3 is 1.64 bits per heavy atom. The van der Waals surface area contributed by atoms with Crippen molar-refractivity contribution in [1.82, 2.24) is 36.2 Å². The van der Waals surface area contributed by atoms with Crippen LogP contribution in [0.15, 0.2) is 84.9 Å². The van der Waals surface area contributed by atoms with Crippen LogP contribution >= 0.6 is 0 Å². The fourth-order valence-corrected chi connectivity index (χ4v) is 10.6. The summed E-state index contributed by atoms with van der Waals surface area (Å²) in [7, 11) is -3.72. The smallest absolute Gasteiger partial charge is 0.408 e. The third-order valence-corrected chi connectivity index (χ3v) is 15.7. The maximum atomic E-state index is 14.8. The number of benzene rings is 3. The number of piperidine rings is 1. The lowest BCUT2D eigenvalue weighted by molar-refractivity contribution is -0.139. The van der Waals surface area contributed by atoms with Gasteiger partial charge >= 0.3 is 12.2 Å². The van der Waals surface area contributed by atoms with Crippen LogP contribution in [-0.4, -0.2) is 115 Å². The fraction of sp³-hybridized carbons (Fsp3) is 0.579. The van der Waals surface area contributed by atoms with Crippen molar-refractivity contribution in [1.29, 1.82) is 0 Å². The van der Waals surface area contributed by atoms with Crippen molar-refractivity contribution in [3.63, 3.8) is 0 Å². The van der Waals surface area contributed by atoms with E-state index in [4.69, 9.17) is 9.47 Å². The monoisotopic (exact) mass is 1060 g/mol. The Kier molecular flexibility index (Phi) is 20.5. The topological polar surface area (TPSA) is 230 Å². The lowest BCUT2D eigenvalue weighted by Crippen LogP contribution is -2.60. The molecule has 18 heteroatoms. The Morgan fingerprint density at radius 1 is 0.627 bits per heavy atom. The molecule has 6 amide bonds. The summed E-state index contributed by atoms with van der Waals surface area (Å²) < 4.78 is 40.1. The van der Waals surface area contributed by atoms with Gasteiger partial charge in [0, 0.05) is 43.9 Å². The van der Waals surface area contributed by atoms with E-state index in [-0.39, 0.29) is 44.1 Å².